The smallest absolute Gasteiger partial charge is 0.384 e. The molecule has 3 nitrogen and oxygen atoms in total. The van der Waals surface area contributed by atoms with Gasteiger partial charge in [-0.3, -0.25) is 4.79 Å². The van der Waals surface area contributed by atoms with Gasteiger partial charge in [0.2, 0.25) is 0 Å². The number of aliphatic hydroxyl groups excluding tert-OH is 1. The van der Waals surface area contributed by atoms with Gasteiger partial charge in [-0.1, -0.05) is 11.8 Å². The lowest BCUT2D eigenvalue weighted by Crippen LogP contribution is -2.38. The first-order valence-corrected chi connectivity index (χ1v) is 6.29. The van der Waals surface area contributed by atoms with Crippen molar-refractivity contribution in [3.63, 3.8) is 0 Å². The van der Waals surface area contributed by atoms with Crippen LogP contribution in [0.4, 0.5) is 13.2 Å². The van der Waals surface area contributed by atoms with Crippen LogP contribution >= 0.6 is 11.3 Å². The molecule has 1 rings (SSSR count). The van der Waals surface area contributed by atoms with Crippen molar-refractivity contribution in [2.75, 3.05) is 19.7 Å². The molecule has 0 bridgehead atoms. The second kappa shape index (κ2) is 6.59. The van der Waals surface area contributed by atoms with Gasteiger partial charge in [-0.25, -0.2) is 0 Å². The summed E-state index contributed by atoms with van der Waals surface area (Å²) in [4.78, 5) is 13.1. The molecule has 0 saturated heterocycles. The summed E-state index contributed by atoms with van der Waals surface area (Å²) in [5.74, 6) is 4.34. The minimum Gasteiger partial charge on any atom is -0.384 e. The van der Waals surface area contributed by atoms with Crippen molar-refractivity contribution in [3.05, 3.63) is 21.9 Å². The zero-order valence-electron chi connectivity index (χ0n) is 10.1. The summed E-state index contributed by atoms with van der Waals surface area (Å²) < 4.78 is 36.9. The van der Waals surface area contributed by atoms with E-state index in [4.69, 9.17) is 5.11 Å². The van der Waals surface area contributed by atoms with Gasteiger partial charge in [-0.05, 0) is 13.0 Å². The zero-order valence-corrected chi connectivity index (χ0v) is 10.9. The van der Waals surface area contributed by atoms with Crippen LogP contribution in [-0.4, -0.2) is 41.8 Å². The average molecular weight is 291 g/mol. The van der Waals surface area contributed by atoms with Gasteiger partial charge in [0.1, 0.15) is 13.2 Å². The van der Waals surface area contributed by atoms with Crippen molar-refractivity contribution in [1.29, 1.82) is 0 Å². The standard InChI is InChI=1S/C12H12F3NO2S/c1-2-16(8-12(13,14)15)11(18)9-6-10(19-7-9)4-3-5-17/h6-7,17H,2,5,8H2,1H3. The lowest BCUT2D eigenvalue weighted by molar-refractivity contribution is -0.140. The molecule has 0 atom stereocenters. The number of carbonyl (C=O) groups is 1. The molecule has 1 aromatic heterocycles. The Kier molecular flexibility index (Phi) is 5.39. The van der Waals surface area contributed by atoms with Crippen LogP contribution in [0.5, 0.6) is 0 Å². The predicted octanol–water partition coefficient (Wildman–Crippen LogP) is 2.12. The number of hydrogen-bond acceptors (Lipinski definition) is 3. The quantitative estimate of drug-likeness (QED) is 0.867. The Labute approximate surface area is 112 Å². The maximum Gasteiger partial charge on any atom is 0.406 e. The Morgan fingerprint density at radius 3 is 2.74 bits per heavy atom. The number of aliphatic hydroxyl groups is 1. The van der Waals surface area contributed by atoms with E-state index < -0.39 is 18.6 Å². The Morgan fingerprint density at radius 2 is 2.21 bits per heavy atom. The molecule has 0 radical (unpaired) electrons. The van der Waals surface area contributed by atoms with E-state index in [1.807, 2.05) is 0 Å². The average Bonchev–Trinajstić information content (AvgIpc) is 2.80. The molecule has 1 heterocycles. The van der Waals surface area contributed by atoms with Crippen molar-refractivity contribution in [1.82, 2.24) is 4.90 Å². The van der Waals surface area contributed by atoms with E-state index in [2.05, 4.69) is 11.8 Å². The normalized spacial score (nSPS) is 10.8. The minimum atomic E-state index is -4.42. The van der Waals surface area contributed by atoms with Gasteiger partial charge in [-0.2, -0.15) is 13.2 Å². The number of halogens is 3. The van der Waals surface area contributed by atoms with Crippen LogP contribution < -0.4 is 0 Å². The Hall–Kier alpha value is -1.52. The highest BCUT2D eigenvalue weighted by Crippen LogP contribution is 2.20. The highest BCUT2D eigenvalue weighted by atomic mass is 32.1. The third-order valence-corrected chi connectivity index (χ3v) is 3.02. The highest BCUT2D eigenvalue weighted by Gasteiger charge is 2.32. The number of carbonyl (C=O) groups excluding carboxylic acids is 1. The van der Waals surface area contributed by atoms with Crippen LogP contribution in [0.2, 0.25) is 0 Å². The first-order valence-electron chi connectivity index (χ1n) is 5.41. The van der Waals surface area contributed by atoms with Crippen molar-refractivity contribution < 1.29 is 23.1 Å². The molecule has 0 spiro atoms. The van der Waals surface area contributed by atoms with E-state index in [0.29, 0.717) is 4.88 Å². The zero-order chi connectivity index (χ0) is 14.5. The molecule has 0 aliphatic rings. The lowest BCUT2D eigenvalue weighted by atomic mass is 10.2. The van der Waals surface area contributed by atoms with E-state index in [9.17, 15) is 18.0 Å². The van der Waals surface area contributed by atoms with Gasteiger partial charge in [0, 0.05) is 11.9 Å². The summed E-state index contributed by atoms with van der Waals surface area (Å²) in [7, 11) is 0. The summed E-state index contributed by atoms with van der Waals surface area (Å²) in [5, 5.41) is 9.99. The molecule has 104 valence electrons. The molecule has 0 aliphatic heterocycles. The lowest BCUT2D eigenvalue weighted by Gasteiger charge is -2.21. The SMILES string of the molecule is CCN(CC(F)(F)F)C(=O)c1csc(C#CCO)c1. The molecule has 1 amide bonds. The van der Waals surface area contributed by atoms with E-state index >= 15 is 0 Å². The van der Waals surface area contributed by atoms with Crippen LogP contribution in [0.15, 0.2) is 11.4 Å². The maximum atomic E-state index is 12.3. The Morgan fingerprint density at radius 1 is 1.53 bits per heavy atom. The molecule has 0 aromatic carbocycles. The molecule has 1 N–H and O–H groups in total. The van der Waals surface area contributed by atoms with Gasteiger partial charge < -0.3 is 10.0 Å². The van der Waals surface area contributed by atoms with E-state index in [-0.39, 0.29) is 18.7 Å². The highest BCUT2D eigenvalue weighted by molar-refractivity contribution is 7.10. The van der Waals surface area contributed by atoms with Crippen LogP contribution in [0.3, 0.4) is 0 Å². The van der Waals surface area contributed by atoms with Gasteiger partial charge in [-0.15, -0.1) is 11.3 Å². The molecule has 19 heavy (non-hydrogen) atoms. The largest absolute Gasteiger partial charge is 0.406 e. The number of alkyl halides is 3. The third kappa shape index (κ3) is 4.93. The molecule has 0 saturated carbocycles. The second-order valence-electron chi connectivity index (χ2n) is 3.59. The summed E-state index contributed by atoms with van der Waals surface area (Å²) in [6.45, 7) is -0.111. The van der Waals surface area contributed by atoms with E-state index in [1.54, 1.807) is 0 Å². The molecular weight excluding hydrogens is 279 g/mol. The second-order valence-corrected chi connectivity index (χ2v) is 4.51. The summed E-state index contributed by atoms with van der Waals surface area (Å²) in [5.41, 5.74) is 0.179. The maximum absolute atomic E-state index is 12.3. The fourth-order valence-electron chi connectivity index (χ4n) is 1.37. The van der Waals surface area contributed by atoms with Crippen LogP contribution in [0, 0.1) is 11.8 Å². The molecule has 0 aliphatic carbocycles. The number of rotatable bonds is 3. The molecule has 7 heteroatoms. The van der Waals surface area contributed by atoms with Crippen molar-refractivity contribution in [2.24, 2.45) is 0 Å². The van der Waals surface area contributed by atoms with E-state index in [1.165, 1.54) is 18.4 Å². The molecular formula is C12H12F3NO2S. The van der Waals surface area contributed by atoms with Crippen LogP contribution in [-0.2, 0) is 0 Å². The number of amides is 1. The van der Waals surface area contributed by atoms with Gasteiger partial charge in [0.05, 0.1) is 10.4 Å². The summed E-state index contributed by atoms with van der Waals surface area (Å²) in [6.07, 6.45) is -4.42. The Bertz CT molecular complexity index is 499. The summed E-state index contributed by atoms with van der Waals surface area (Å²) in [6, 6.07) is 1.43. The molecule has 1 aromatic rings. The van der Waals surface area contributed by atoms with Crippen molar-refractivity contribution in [3.8, 4) is 11.8 Å². The van der Waals surface area contributed by atoms with Gasteiger partial charge in [0.15, 0.2) is 0 Å². The van der Waals surface area contributed by atoms with E-state index in [0.717, 1.165) is 16.2 Å². The molecule has 0 unspecified atom stereocenters. The third-order valence-electron chi connectivity index (χ3n) is 2.18. The summed E-state index contributed by atoms with van der Waals surface area (Å²) >= 11 is 1.15. The first kappa shape index (κ1) is 15.5. The topological polar surface area (TPSA) is 40.5 Å². The van der Waals surface area contributed by atoms with Gasteiger partial charge >= 0.3 is 6.18 Å². The number of nitrogens with zero attached hydrogens (tertiary/aromatic N) is 1. The molecule has 0 fully saturated rings. The van der Waals surface area contributed by atoms with Crippen molar-refractivity contribution in [2.45, 2.75) is 13.1 Å². The number of hydrogen-bond donors (Lipinski definition) is 1. The van der Waals surface area contributed by atoms with Crippen molar-refractivity contribution >= 4 is 17.2 Å². The minimum absolute atomic E-state index is 0.0220. The fraction of sp³-hybridized carbons (Fsp3) is 0.417. The Balaban J connectivity index is 2.83. The number of thiophene rings is 1. The first-order chi connectivity index (χ1) is 8.87. The van der Waals surface area contributed by atoms with Crippen LogP contribution in [0.25, 0.3) is 0 Å². The predicted molar refractivity (Wildman–Crippen MR) is 65.9 cm³/mol. The van der Waals surface area contributed by atoms with Gasteiger partial charge in [0.25, 0.3) is 5.91 Å². The monoisotopic (exact) mass is 291 g/mol. The fourth-order valence-corrected chi connectivity index (χ4v) is 2.12. The van der Waals surface area contributed by atoms with Crippen LogP contribution in [0.1, 0.15) is 22.2 Å².